The zero-order valence-electron chi connectivity index (χ0n) is 29.1. The van der Waals surface area contributed by atoms with Gasteiger partial charge >= 0.3 is 159 Å². The van der Waals surface area contributed by atoms with Crippen molar-refractivity contribution in [1.82, 2.24) is 0 Å². The van der Waals surface area contributed by atoms with Crippen molar-refractivity contribution in [3.05, 3.63) is 86.1 Å². The summed E-state index contributed by atoms with van der Waals surface area (Å²) in [5.74, 6) is 1.19. The van der Waals surface area contributed by atoms with Gasteiger partial charge in [-0.2, -0.15) is 0 Å². The molecule has 0 radical (unpaired) electrons. The van der Waals surface area contributed by atoms with Gasteiger partial charge in [0, 0.05) is 11.8 Å². The van der Waals surface area contributed by atoms with Crippen LogP contribution in [0.5, 0.6) is 0 Å². The fourth-order valence-electron chi connectivity index (χ4n) is 6.34. The largest absolute Gasteiger partial charge is 1.00 e. The second-order valence-electron chi connectivity index (χ2n) is 15.0. The van der Waals surface area contributed by atoms with E-state index in [4.69, 9.17) is 17.0 Å². The van der Waals surface area contributed by atoms with Gasteiger partial charge in [-0.25, -0.2) is 0 Å². The van der Waals surface area contributed by atoms with Crippen molar-refractivity contribution in [3.63, 3.8) is 0 Å². The molecule has 4 aliphatic rings. The summed E-state index contributed by atoms with van der Waals surface area (Å²) in [6.07, 6.45) is 7.14. The Labute approximate surface area is 292 Å². The minimum Gasteiger partial charge on any atom is -1.00 e. The van der Waals surface area contributed by atoms with E-state index in [2.05, 4.69) is 102 Å². The van der Waals surface area contributed by atoms with E-state index in [1.807, 2.05) is 20.0 Å². The van der Waals surface area contributed by atoms with Crippen LogP contribution in [0, 0.1) is 17.3 Å². The van der Waals surface area contributed by atoms with E-state index in [0.29, 0.717) is 17.3 Å². The van der Waals surface area contributed by atoms with E-state index in [1.165, 1.54) is 36.7 Å². The van der Waals surface area contributed by atoms with Crippen molar-refractivity contribution in [2.24, 2.45) is 17.3 Å². The average Bonchev–Trinajstić information content (AvgIpc) is 3.54. The van der Waals surface area contributed by atoms with E-state index < -0.39 is 14.9 Å². The number of allylic oxidation sites excluding steroid dienone is 16. The van der Waals surface area contributed by atoms with E-state index in [9.17, 15) is 0 Å². The van der Waals surface area contributed by atoms with Crippen molar-refractivity contribution in [2.45, 2.75) is 110 Å². The molecule has 2 unspecified atom stereocenters. The van der Waals surface area contributed by atoms with Crippen LogP contribution in [-0.4, -0.2) is 0 Å². The summed E-state index contributed by atoms with van der Waals surface area (Å²) in [6, 6.07) is 0. The van der Waals surface area contributed by atoms with Gasteiger partial charge in [-0.05, 0) is 75.0 Å². The fourth-order valence-corrected chi connectivity index (χ4v) is 12.9. The van der Waals surface area contributed by atoms with Crippen LogP contribution in [0.1, 0.15) is 96.4 Å². The van der Waals surface area contributed by atoms with Crippen LogP contribution in [-0.2, 0) is 39.6 Å². The normalized spacial score (nSPS) is 25.1. The minimum atomic E-state index is -3.83. The van der Waals surface area contributed by atoms with E-state index in [0.717, 1.165) is 6.42 Å². The van der Waals surface area contributed by atoms with Gasteiger partial charge in [0.2, 0.25) is 0 Å². The van der Waals surface area contributed by atoms with Gasteiger partial charge in [-0.3, -0.25) is 0 Å². The van der Waals surface area contributed by atoms with Gasteiger partial charge in [-0.1, -0.05) is 25.0 Å². The quantitative estimate of drug-likeness (QED) is 0.275. The van der Waals surface area contributed by atoms with Crippen LogP contribution in [0.2, 0.25) is 13.9 Å². The number of halogens is 4. The molecule has 235 valence electrons. The summed E-state index contributed by atoms with van der Waals surface area (Å²) in [5, 5.41) is 0. The summed E-state index contributed by atoms with van der Waals surface area (Å²) < 4.78 is 8.96. The van der Waals surface area contributed by atoms with Crippen molar-refractivity contribution in [1.29, 1.82) is 0 Å². The Morgan fingerprint density at radius 2 is 1.07 bits per heavy atom. The Morgan fingerprint density at radius 3 is 1.21 bits per heavy atom. The zero-order chi connectivity index (χ0) is 31.4. The van der Waals surface area contributed by atoms with Crippen LogP contribution in [0.3, 0.4) is 0 Å². The molecule has 4 aliphatic carbocycles. The van der Waals surface area contributed by atoms with Gasteiger partial charge in [0.25, 0.3) is 0 Å². The second kappa shape index (κ2) is 13.9. The molecule has 0 N–H and O–H groups in total. The molecule has 0 bridgehead atoms. The third kappa shape index (κ3) is 8.80. The fraction of sp³-hybridized carbons (Fsp3) is 0.556. The van der Waals surface area contributed by atoms with E-state index in [-0.39, 0.29) is 24.8 Å². The maximum absolute atomic E-state index is 6.51. The predicted molar refractivity (Wildman–Crippen MR) is 176 cm³/mol. The monoisotopic (exact) mass is 807 g/mol. The summed E-state index contributed by atoms with van der Waals surface area (Å²) >= 11 is -2.26. The average molecular weight is 812 g/mol. The molecule has 2 atom stereocenters. The molecule has 0 aromatic carbocycles. The summed E-state index contributed by atoms with van der Waals surface area (Å²) in [6.45, 7) is 29.9. The molecule has 0 saturated heterocycles. The van der Waals surface area contributed by atoms with Crippen LogP contribution >= 0.6 is 17.0 Å². The third-order valence-electron chi connectivity index (χ3n) is 10.6. The van der Waals surface area contributed by atoms with Crippen LogP contribution in [0.4, 0.5) is 0 Å². The van der Waals surface area contributed by atoms with Crippen molar-refractivity contribution in [2.75, 3.05) is 0 Å². The molecule has 0 spiro atoms. The third-order valence-corrected chi connectivity index (χ3v) is 22.8. The second-order valence-corrected chi connectivity index (χ2v) is 54.7. The first kappa shape index (κ1) is 42.8. The Morgan fingerprint density at radius 1 is 0.690 bits per heavy atom. The van der Waals surface area contributed by atoms with E-state index >= 15 is 0 Å². The smallest absolute Gasteiger partial charge is 1.00 e. The first-order valence-corrected chi connectivity index (χ1v) is 31.1. The number of hydrogen-bond donors (Lipinski definition) is 0. The van der Waals surface area contributed by atoms with Gasteiger partial charge in [0.1, 0.15) is 0 Å². The molecule has 0 aromatic rings. The van der Waals surface area contributed by atoms with Gasteiger partial charge in [0.05, 0.1) is 0 Å². The van der Waals surface area contributed by atoms with Crippen LogP contribution < -0.4 is 24.8 Å². The van der Waals surface area contributed by atoms with E-state index in [1.54, 1.807) is 55.9 Å². The Kier molecular flexibility index (Phi) is 14.2. The van der Waals surface area contributed by atoms with Crippen molar-refractivity contribution < 1.29 is 64.4 Å². The topological polar surface area (TPSA) is 0 Å². The summed E-state index contributed by atoms with van der Waals surface area (Å²) in [4.78, 5) is 0. The van der Waals surface area contributed by atoms with Crippen LogP contribution in [0.15, 0.2) is 86.1 Å². The molecule has 0 aliphatic heterocycles. The van der Waals surface area contributed by atoms with Crippen molar-refractivity contribution >= 4 is 17.0 Å². The molecule has 0 saturated carbocycles. The van der Waals surface area contributed by atoms with Gasteiger partial charge in [0.15, 0.2) is 0 Å². The molecule has 0 fully saturated rings. The SMILES string of the molecule is CC1=C(C)C(C)(C)[C]([Zr+2])=C1C.CC1=C(C)C(C)C(C2=C(C)C(C)=C(C)C2C)=C1C.[CH3][Zr]([CH3])([CH3])([Cl])([Cl])[C]1=CC=CC1.[Cl-].[Cl-]. The molecule has 0 heterocycles. The molecule has 0 amide bonds. The molecular formula is C36H55Cl4Zr2. The molecular weight excluding hydrogens is 757 g/mol. The Bertz CT molecular complexity index is 1290. The van der Waals surface area contributed by atoms with Crippen LogP contribution in [0.25, 0.3) is 0 Å². The predicted octanol–water partition coefficient (Wildman–Crippen LogP) is 7.29. The summed E-state index contributed by atoms with van der Waals surface area (Å²) in [5.41, 5.74) is 17.3. The molecule has 0 nitrogen and oxygen atoms in total. The number of hydrogen-bond acceptors (Lipinski definition) is 0. The van der Waals surface area contributed by atoms with Gasteiger partial charge < -0.3 is 24.8 Å². The first-order valence-electron chi connectivity index (χ1n) is 14.9. The number of rotatable bonds is 2. The summed E-state index contributed by atoms with van der Waals surface area (Å²) in [7, 11) is 13.0. The maximum Gasteiger partial charge on any atom is -1.00 e. The maximum atomic E-state index is 6.51. The molecule has 42 heavy (non-hydrogen) atoms. The van der Waals surface area contributed by atoms with Gasteiger partial charge in [-0.15, -0.1) is 0 Å². The Hall–Kier alpha value is 0.846. The molecule has 6 heteroatoms. The van der Waals surface area contributed by atoms with Crippen molar-refractivity contribution in [3.8, 4) is 0 Å². The minimum absolute atomic E-state index is 0. The Balaban J connectivity index is 0.000000616. The standard InChI is InChI=1S/C18H26.C10H15.C5H5.3CH3.4ClH.2Zr/c1-9-10(2)14(6)17(13(9)5)18-15(7)11(3)12(4)16(18)8;1-7-6-10(4,5)9(3)8(7)2;1-2-4-5-3-1;;;;;;;;;/h13,15H,1-8H3;1-5H3;1-3H,4H2;3*1H3;4*1H;;/q;;;;;;;;;;2*+2/p-4. The molecule has 0 aromatic heterocycles. The first-order chi connectivity index (χ1) is 17.8. The molecule has 4 rings (SSSR count). The zero-order valence-corrected chi connectivity index (χ0v) is 37.0.